The summed E-state index contributed by atoms with van der Waals surface area (Å²) in [4.78, 5) is 0. The molecular formula is C15H17FO. The van der Waals surface area contributed by atoms with Crippen molar-refractivity contribution in [2.45, 2.75) is 25.4 Å². The van der Waals surface area contributed by atoms with Gasteiger partial charge < -0.3 is 4.74 Å². The minimum atomic E-state index is -0.169. The van der Waals surface area contributed by atoms with E-state index in [4.69, 9.17) is 4.74 Å². The molecule has 2 aliphatic carbocycles. The normalized spacial score (nSPS) is 31.4. The number of rotatable bonds is 2. The van der Waals surface area contributed by atoms with Crippen LogP contribution in [-0.2, 0) is 4.74 Å². The third kappa shape index (κ3) is 1.91. The third-order valence-corrected chi connectivity index (χ3v) is 4.17. The van der Waals surface area contributed by atoms with Crippen LogP contribution in [0.25, 0.3) is 5.57 Å². The zero-order chi connectivity index (χ0) is 11.8. The Balaban J connectivity index is 1.96. The highest BCUT2D eigenvalue weighted by molar-refractivity contribution is 5.69. The molecule has 2 aliphatic rings. The molecule has 0 unspecified atom stereocenters. The van der Waals surface area contributed by atoms with E-state index in [1.165, 1.54) is 24.8 Å². The summed E-state index contributed by atoms with van der Waals surface area (Å²) in [5, 5.41) is 0. The van der Waals surface area contributed by atoms with Crippen molar-refractivity contribution in [3.8, 4) is 0 Å². The zero-order valence-corrected chi connectivity index (χ0v) is 10.0. The van der Waals surface area contributed by atoms with E-state index in [1.54, 1.807) is 19.2 Å². The first-order valence-corrected chi connectivity index (χ1v) is 6.28. The lowest BCUT2D eigenvalue weighted by Gasteiger charge is -2.27. The average molecular weight is 232 g/mol. The quantitative estimate of drug-likeness (QED) is 0.756. The van der Waals surface area contributed by atoms with Crippen molar-refractivity contribution in [2.75, 3.05) is 7.11 Å². The highest BCUT2D eigenvalue weighted by Gasteiger charge is 2.36. The average Bonchev–Trinajstić information content (AvgIpc) is 2.76. The molecule has 1 aromatic rings. The van der Waals surface area contributed by atoms with Crippen molar-refractivity contribution >= 4 is 5.57 Å². The molecule has 17 heavy (non-hydrogen) atoms. The molecule has 1 nitrogen and oxygen atoms in total. The van der Waals surface area contributed by atoms with E-state index < -0.39 is 0 Å². The highest BCUT2D eigenvalue weighted by atomic mass is 19.1. The molecule has 1 saturated carbocycles. The van der Waals surface area contributed by atoms with Gasteiger partial charge in [0.2, 0.25) is 0 Å². The Morgan fingerprint density at radius 3 is 2.65 bits per heavy atom. The molecule has 0 aliphatic heterocycles. The van der Waals surface area contributed by atoms with E-state index >= 15 is 0 Å². The summed E-state index contributed by atoms with van der Waals surface area (Å²) in [6.45, 7) is 0. The molecule has 2 bridgehead atoms. The SMILES string of the molecule is CO[C@@H]1C=C(c2ccc(F)cc2)[C@@H]2CC[C@H]1C2. The number of benzene rings is 1. The molecular weight excluding hydrogens is 215 g/mol. The van der Waals surface area contributed by atoms with Crippen molar-refractivity contribution in [3.05, 3.63) is 41.7 Å². The minimum absolute atomic E-state index is 0.169. The van der Waals surface area contributed by atoms with E-state index in [0.717, 1.165) is 5.56 Å². The predicted molar refractivity (Wildman–Crippen MR) is 66.0 cm³/mol. The number of methoxy groups -OCH3 is 1. The predicted octanol–water partition coefficient (Wildman–Crippen LogP) is 3.65. The van der Waals surface area contributed by atoms with Crippen molar-refractivity contribution in [2.24, 2.45) is 11.8 Å². The Morgan fingerprint density at radius 2 is 1.94 bits per heavy atom. The van der Waals surface area contributed by atoms with Crippen LogP contribution in [0.3, 0.4) is 0 Å². The zero-order valence-electron chi connectivity index (χ0n) is 10.0. The van der Waals surface area contributed by atoms with Crippen molar-refractivity contribution in [3.63, 3.8) is 0 Å². The molecule has 3 rings (SSSR count). The number of hydrogen-bond donors (Lipinski definition) is 0. The largest absolute Gasteiger partial charge is 0.377 e. The van der Waals surface area contributed by atoms with Gasteiger partial charge in [-0.1, -0.05) is 18.2 Å². The van der Waals surface area contributed by atoms with Gasteiger partial charge in [-0.3, -0.25) is 0 Å². The fraction of sp³-hybridized carbons (Fsp3) is 0.467. The monoisotopic (exact) mass is 232 g/mol. The second-order valence-corrected chi connectivity index (χ2v) is 5.10. The minimum Gasteiger partial charge on any atom is -0.377 e. The van der Waals surface area contributed by atoms with E-state index in [-0.39, 0.29) is 11.9 Å². The number of hydrogen-bond acceptors (Lipinski definition) is 1. The van der Waals surface area contributed by atoms with Gasteiger partial charge in [0.05, 0.1) is 6.10 Å². The first-order valence-electron chi connectivity index (χ1n) is 6.28. The standard InChI is InChI=1S/C15H17FO/c1-17-15-9-14(11-2-3-12(15)8-11)10-4-6-13(16)7-5-10/h4-7,9,11-12,15H,2-3,8H2,1H3/t11-,12+,15-/m1/s1. The molecule has 0 N–H and O–H groups in total. The molecule has 0 radical (unpaired) electrons. The second kappa shape index (κ2) is 4.26. The lowest BCUT2D eigenvalue weighted by molar-refractivity contribution is 0.0882. The maximum Gasteiger partial charge on any atom is 0.123 e. The van der Waals surface area contributed by atoms with Gasteiger partial charge in [-0.25, -0.2) is 4.39 Å². The molecule has 90 valence electrons. The summed E-state index contributed by atoms with van der Waals surface area (Å²) in [5.41, 5.74) is 2.50. The molecule has 0 spiro atoms. The van der Waals surface area contributed by atoms with Crippen LogP contribution in [0.1, 0.15) is 24.8 Å². The molecule has 0 heterocycles. The molecule has 1 fully saturated rings. The first-order chi connectivity index (χ1) is 8.28. The molecule has 0 saturated heterocycles. The molecule has 3 atom stereocenters. The van der Waals surface area contributed by atoms with Gasteiger partial charge in [0.1, 0.15) is 5.82 Å². The lowest BCUT2D eigenvalue weighted by atomic mass is 9.83. The van der Waals surface area contributed by atoms with Gasteiger partial charge in [-0.2, -0.15) is 0 Å². The van der Waals surface area contributed by atoms with Crippen LogP contribution in [0.4, 0.5) is 4.39 Å². The van der Waals surface area contributed by atoms with Crippen LogP contribution in [0.15, 0.2) is 30.3 Å². The van der Waals surface area contributed by atoms with E-state index in [0.29, 0.717) is 11.8 Å². The number of halogens is 1. The van der Waals surface area contributed by atoms with Gasteiger partial charge in [-0.15, -0.1) is 0 Å². The molecule has 0 amide bonds. The smallest absolute Gasteiger partial charge is 0.123 e. The van der Waals surface area contributed by atoms with Crippen molar-refractivity contribution in [1.82, 2.24) is 0 Å². The maximum atomic E-state index is 12.9. The topological polar surface area (TPSA) is 9.23 Å². The Kier molecular flexibility index (Phi) is 2.75. The van der Waals surface area contributed by atoms with Crippen molar-refractivity contribution in [1.29, 1.82) is 0 Å². The molecule has 0 aromatic heterocycles. The van der Waals surface area contributed by atoms with Crippen LogP contribution in [0, 0.1) is 17.7 Å². The maximum absolute atomic E-state index is 12.9. The summed E-state index contributed by atoms with van der Waals surface area (Å²) in [6, 6.07) is 6.84. The van der Waals surface area contributed by atoms with Gasteiger partial charge in [0.25, 0.3) is 0 Å². The van der Waals surface area contributed by atoms with Crippen LogP contribution in [0.2, 0.25) is 0 Å². The third-order valence-electron chi connectivity index (χ3n) is 4.17. The number of allylic oxidation sites excluding steroid dienone is 1. The summed E-state index contributed by atoms with van der Waals surface area (Å²) in [7, 11) is 1.78. The van der Waals surface area contributed by atoms with Gasteiger partial charge in [0.15, 0.2) is 0 Å². The second-order valence-electron chi connectivity index (χ2n) is 5.10. The van der Waals surface area contributed by atoms with Crippen LogP contribution < -0.4 is 0 Å². The Hall–Kier alpha value is -1.15. The number of fused-ring (bicyclic) bond motifs is 2. The fourth-order valence-electron chi connectivity index (χ4n) is 3.28. The fourth-order valence-corrected chi connectivity index (χ4v) is 3.28. The molecule has 2 heteroatoms. The highest BCUT2D eigenvalue weighted by Crippen LogP contribution is 2.46. The van der Waals surface area contributed by atoms with Gasteiger partial charge in [0, 0.05) is 7.11 Å². The Labute approximate surface area is 101 Å². The van der Waals surface area contributed by atoms with E-state index in [1.807, 2.05) is 12.1 Å². The molecule has 1 aromatic carbocycles. The van der Waals surface area contributed by atoms with Crippen LogP contribution >= 0.6 is 0 Å². The summed E-state index contributed by atoms with van der Waals surface area (Å²) >= 11 is 0. The van der Waals surface area contributed by atoms with Crippen LogP contribution in [-0.4, -0.2) is 13.2 Å². The Morgan fingerprint density at radius 1 is 1.18 bits per heavy atom. The first kappa shape index (κ1) is 11.0. The number of ether oxygens (including phenoxy) is 1. The van der Waals surface area contributed by atoms with Gasteiger partial charge >= 0.3 is 0 Å². The van der Waals surface area contributed by atoms with Crippen molar-refractivity contribution < 1.29 is 9.13 Å². The van der Waals surface area contributed by atoms with Gasteiger partial charge in [-0.05, 0) is 54.4 Å². The Bertz CT molecular complexity index is 435. The summed E-state index contributed by atoms with van der Waals surface area (Å²) in [6.07, 6.45) is 6.22. The van der Waals surface area contributed by atoms with Crippen LogP contribution in [0.5, 0.6) is 0 Å². The van der Waals surface area contributed by atoms with E-state index in [2.05, 4.69) is 6.08 Å². The summed E-state index contributed by atoms with van der Waals surface area (Å²) < 4.78 is 18.5. The lowest BCUT2D eigenvalue weighted by Crippen LogP contribution is -2.22. The summed E-state index contributed by atoms with van der Waals surface area (Å²) in [5.74, 6) is 1.17. The van der Waals surface area contributed by atoms with E-state index in [9.17, 15) is 4.39 Å².